The monoisotopic (exact) mass is 172 g/mol. The van der Waals surface area contributed by atoms with E-state index in [1.54, 1.807) is 18.2 Å². The first-order valence-electron chi connectivity index (χ1n) is 3.64. The van der Waals surface area contributed by atoms with E-state index in [-0.39, 0.29) is 11.2 Å². The molecule has 0 aliphatic carbocycles. The molecule has 1 unspecified atom stereocenters. The summed E-state index contributed by atoms with van der Waals surface area (Å²) in [6.45, 7) is 1.93. The van der Waals surface area contributed by atoms with Gasteiger partial charge in [0.25, 0.3) is 0 Å². The minimum absolute atomic E-state index is 0.198. The Morgan fingerprint density at radius 1 is 1.45 bits per heavy atom. The average Bonchev–Trinajstić information content (AvgIpc) is 2.04. The molecule has 0 fully saturated rings. The van der Waals surface area contributed by atoms with Crippen molar-refractivity contribution in [2.75, 3.05) is 0 Å². The van der Waals surface area contributed by atoms with Gasteiger partial charge in [-0.15, -0.1) is 11.6 Å². The number of rotatable bonds is 2. The van der Waals surface area contributed by atoms with Crippen LogP contribution in [-0.4, -0.2) is 0 Å². The summed E-state index contributed by atoms with van der Waals surface area (Å²) in [7, 11) is 0. The molecule has 0 spiro atoms. The van der Waals surface area contributed by atoms with Gasteiger partial charge in [0.15, 0.2) is 0 Å². The van der Waals surface area contributed by atoms with Crippen LogP contribution < -0.4 is 0 Å². The lowest BCUT2D eigenvalue weighted by molar-refractivity contribution is 0.604. The Kier molecular flexibility index (Phi) is 2.89. The van der Waals surface area contributed by atoms with Gasteiger partial charge in [-0.2, -0.15) is 0 Å². The van der Waals surface area contributed by atoms with Gasteiger partial charge in [0, 0.05) is 5.56 Å². The van der Waals surface area contributed by atoms with Crippen LogP contribution in [0.4, 0.5) is 4.39 Å². The van der Waals surface area contributed by atoms with Gasteiger partial charge in [-0.3, -0.25) is 0 Å². The fourth-order valence-electron chi connectivity index (χ4n) is 0.949. The van der Waals surface area contributed by atoms with Crippen LogP contribution in [0.3, 0.4) is 0 Å². The first kappa shape index (κ1) is 8.54. The first-order valence-corrected chi connectivity index (χ1v) is 4.08. The number of alkyl halides is 1. The maximum Gasteiger partial charge on any atom is 0.127 e. The lowest BCUT2D eigenvalue weighted by Gasteiger charge is -2.06. The van der Waals surface area contributed by atoms with Crippen molar-refractivity contribution in [3.63, 3.8) is 0 Å². The molecule has 0 aliphatic heterocycles. The summed E-state index contributed by atoms with van der Waals surface area (Å²) in [5, 5.41) is -0.198. The molecule has 0 saturated heterocycles. The van der Waals surface area contributed by atoms with E-state index >= 15 is 0 Å². The second-order valence-corrected chi connectivity index (χ2v) is 2.92. The van der Waals surface area contributed by atoms with Gasteiger partial charge >= 0.3 is 0 Å². The summed E-state index contributed by atoms with van der Waals surface area (Å²) in [5.41, 5.74) is 0.594. The van der Waals surface area contributed by atoms with E-state index in [9.17, 15) is 4.39 Å². The molecule has 1 rings (SSSR count). The van der Waals surface area contributed by atoms with Crippen LogP contribution in [-0.2, 0) is 0 Å². The Bertz CT molecular complexity index is 235. The summed E-state index contributed by atoms with van der Waals surface area (Å²) in [4.78, 5) is 0. The van der Waals surface area contributed by atoms with Crippen LogP contribution in [0.1, 0.15) is 24.3 Å². The van der Waals surface area contributed by atoms with Gasteiger partial charge in [-0.05, 0) is 12.5 Å². The van der Waals surface area contributed by atoms with Crippen molar-refractivity contribution in [1.82, 2.24) is 0 Å². The third-order valence-corrected chi connectivity index (χ3v) is 2.14. The topological polar surface area (TPSA) is 0 Å². The van der Waals surface area contributed by atoms with Crippen molar-refractivity contribution in [3.05, 3.63) is 35.6 Å². The second kappa shape index (κ2) is 3.72. The minimum Gasteiger partial charge on any atom is -0.207 e. The van der Waals surface area contributed by atoms with Gasteiger partial charge in [-0.25, -0.2) is 4.39 Å². The summed E-state index contributed by atoms with van der Waals surface area (Å²) in [6.07, 6.45) is 0.752. The summed E-state index contributed by atoms with van der Waals surface area (Å²) in [5.74, 6) is -0.214. The van der Waals surface area contributed by atoms with Crippen molar-refractivity contribution < 1.29 is 4.39 Å². The number of halogens is 2. The fraction of sp³-hybridized carbons (Fsp3) is 0.333. The van der Waals surface area contributed by atoms with Crippen LogP contribution >= 0.6 is 11.6 Å². The third-order valence-electron chi connectivity index (χ3n) is 1.60. The maximum atomic E-state index is 12.9. The number of hydrogen-bond acceptors (Lipinski definition) is 0. The van der Waals surface area contributed by atoms with Crippen molar-refractivity contribution in [2.24, 2.45) is 0 Å². The zero-order chi connectivity index (χ0) is 8.27. The molecule has 0 nitrogen and oxygen atoms in total. The summed E-state index contributed by atoms with van der Waals surface area (Å²) in [6, 6.07) is 6.61. The highest BCUT2D eigenvalue weighted by molar-refractivity contribution is 6.20. The van der Waals surface area contributed by atoms with Crippen molar-refractivity contribution in [3.8, 4) is 0 Å². The molecule has 0 heterocycles. The van der Waals surface area contributed by atoms with Gasteiger partial charge in [0.2, 0.25) is 0 Å². The highest BCUT2D eigenvalue weighted by Crippen LogP contribution is 2.25. The standard InChI is InChI=1S/C9H10ClF/c1-2-8(10)7-5-3-4-6-9(7)11/h3-6,8H,2H2,1H3. The largest absolute Gasteiger partial charge is 0.207 e. The second-order valence-electron chi connectivity index (χ2n) is 2.40. The van der Waals surface area contributed by atoms with E-state index in [1.807, 2.05) is 6.92 Å². The lowest BCUT2D eigenvalue weighted by atomic mass is 10.1. The van der Waals surface area contributed by atoms with Crippen LogP contribution in [0.2, 0.25) is 0 Å². The highest BCUT2D eigenvalue weighted by atomic mass is 35.5. The molecule has 0 saturated carbocycles. The Morgan fingerprint density at radius 2 is 2.09 bits per heavy atom. The molecule has 60 valence electrons. The predicted octanol–water partition coefficient (Wildman–Crippen LogP) is 3.52. The molecule has 0 radical (unpaired) electrons. The zero-order valence-corrected chi connectivity index (χ0v) is 7.11. The van der Waals surface area contributed by atoms with E-state index in [1.165, 1.54) is 6.07 Å². The maximum absolute atomic E-state index is 12.9. The van der Waals surface area contributed by atoms with E-state index < -0.39 is 0 Å². The molecule has 0 bridgehead atoms. The molecule has 0 N–H and O–H groups in total. The van der Waals surface area contributed by atoms with E-state index in [0.29, 0.717) is 5.56 Å². The molecule has 11 heavy (non-hydrogen) atoms. The van der Waals surface area contributed by atoms with Crippen molar-refractivity contribution in [1.29, 1.82) is 0 Å². The molecular weight excluding hydrogens is 163 g/mol. The fourth-order valence-corrected chi connectivity index (χ4v) is 1.13. The van der Waals surface area contributed by atoms with Gasteiger partial charge in [0.1, 0.15) is 5.82 Å². The van der Waals surface area contributed by atoms with Gasteiger partial charge < -0.3 is 0 Å². The Labute approximate surface area is 71.0 Å². The quantitative estimate of drug-likeness (QED) is 0.599. The van der Waals surface area contributed by atoms with E-state index in [4.69, 9.17) is 11.6 Å². The lowest BCUT2D eigenvalue weighted by Crippen LogP contribution is -1.91. The summed E-state index contributed by atoms with van der Waals surface area (Å²) >= 11 is 5.86. The molecule has 2 heteroatoms. The SMILES string of the molecule is CCC(Cl)c1ccccc1F. The van der Waals surface area contributed by atoms with Crippen molar-refractivity contribution in [2.45, 2.75) is 18.7 Å². The van der Waals surface area contributed by atoms with Crippen LogP contribution in [0.25, 0.3) is 0 Å². The number of hydrogen-bond donors (Lipinski definition) is 0. The Balaban J connectivity index is 2.93. The smallest absolute Gasteiger partial charge is 0.127 e. The van der Waals surface area contributed by atoms with Crippen LogP contribution in [0.15, 0.2) is 24.3 Å². The Hall–Kier alpha value is -0.560. The zero-order valence-electron chi connectivity index (χ0n) is 6.35. The molecule has 0 aliphatic rings. The normalized spacial score (nSPS) is 13.0. The highest BCUT2D eigenvalue weighted by Gasteiger charge is 2.08. The van der Waals surface area contributed by atoms with Crippen molar-refractivity contribution >= 4 is 11.6 Å². The van der Waals surface area contributed by atoms with E-state index in [2.05, 4.69) is 0 Å². The van der Waals surface area contributed by atoms with Crippen LogP contribution in [0.5, 0.6) is 0 Å². The Morgan fingerprint density at radius 3 is 2.64 bits per heavy atom. The molecular formula is C9H10ClF. The number of benzene rings is 1. The third kappa shape index (κ3) is 1.93. The summed E-state index contributed by atoms with van der Waals surface area (Å²) < 4.78 is 12.9. The van der Waals surface area contributed by atoms with Gasteiger partial charge in [-0.1, -0.05) is 25.1 Å². The molecule has 0 aromatic heterocycles. The first-order chi connectivity index (χ1) is 5.25. The van der Waals surface area contributed by atoms with Crippen LogP contribution in [0, 0.1) is 5.82 Å². The van der Waals surface area contributed by atoms with E-state index in [0.717, 1.165) is 6.42 Å². The molecule has 0 amide bonds. The average molecular weight is 173 g/mol. The minimum atomic E-state index is -0.214. The predicted molar refractivity (Wildman–Crippen MR) is 45.3 cm³/mol. The van der Waals surface area contributed by atoms with Gasteiger partial charge in [0.05, 0.1) is 5.38 Å². The molecule has 1 aromatic carbocycles. The molecule has 1 atom stereocenters. The molecule has 1 aromatic rings.